The highest BCUT2D eigenvalue weighted by Gasteiger charge is 2.25. The summed E-state index contributed by atoms with van der Waals surface area (Å²) in [5.74, 6) is 5.56. The van der Waals surface area contributed by atoms with Crippen LogP contribution in [-0.4, -0.2) is 39.9 Å². The topological polar surface area (TPSA) is 160 Å². The molecule has 1 amide bonds. The van der Waals surface area contributed by atoms with Gasteiger partial charge in [0.25, 0.3) is 5.91 Å². The molecule has 32 heavy (non-hydrogen) atoms. The molecule has 0 saturated heterocycles. The van der Waals surface area contributed by atoms with Gasteiger partial charge < -0.3 is 32.4 Å². The van der Waals surface area contributed by atoms with Crippen molar-refractivity contribution in [2.45, 2.75) is 31.8 Å². The second-order valence-electron chi connectivity index (χ2n) is 8.03. The fraction of sp³-hybridized carbons (Fsp3) is 0.318. The number of carbonyl (C=O) groups is 1. The lowest BCUT2D eigenvalue weighted by molar-refractivity contribution is -0.128. The molecule has 0 unspecified atom stereocenters. The smallest absolute Gasteiger partial charge is 0.271 e. The summed E-state index contributed by atoms with van der Waals surface area (Å²) >= 11 is 0. The quantitative estimate of drug-likeness (QED) is 0.193. The molecule has 2 heterocycles. The maximum absolute atomic E-state index is 12.7. The van der Waals surface area contributed by atoms with Gasteiger partial charge in [0.1, 0.15) is 5.70 Å². The fourth-order valence-corrected chi connectivity index (χ4v) is 4.08. The lowest BCUT2D eigenvalue weighted by Crippen LogP contribution is -2.39. The van der Waals surface area contributed by atoms with Crippen molar-refractivity contribution >= 4 is 11.9 Å². The van der Waals surface area contributed by atoms with Crippen LogP contribution in [0.1, 0.15) is 22.4 Å². The number of nitrogens with one attached hydrogen (secondary N) is 3. The molecule has 1 aliphatic carbocycles. The highest BCUT2D eigenvalue weighted by Crippen LogP contribution is 2.24. The van der Waals surface area contributed by atoms with Gasteiger partial charge in [-0.1, -0.05) is 24.3 Å². The van der Waals surface area contributed by atoms with Crippen molar-refractivity contribution in [3.63, 3.8) is 0 Å². The summed E-state index contributed by atoms with van der Waals surface area (Å²) in [7, 11) is 0. The highest BCUT2D eigenvalue weighted by molar-refractivity contribution is 5.92. The second-order valence-corrected chi connectivity index (χ2v) is 8.03. The number of nitrogens with zero attached hydrogens (tertiary/aromatic N) is 3. The Morgan fingerprint density at radius 2 is 1.91 bits per heavy atom. The van der Waals surface area contributed by atoms with Crippen molar-refractivity contribution in [1.82, 2.24) is 25.6 Å². The number of amides is 1. The van der Waals surface area contributed by atoms with Gasteiger partial charge in [0.15, 0.2) is 0 Å². The molecule has 1 aromatic carbocycles. The first-order valence-electron chi connectivity index (χ1n) is 10.6. The standard InChI is InChI=1S/C22H29N9O/c23-17(11-28-25)10-26-12-19(24)21(32)31-6-5-20-16(13-31)9-27-22(30-20)29-18-7-14-3-1-2-4-15(14)8-18/h1-4,9,11-12,18,26,28H,5-8,10,13,23-25H2,(H,27,29,30)/b17-11-,19-12-. The van der Waals surface area contributed by atoms with E-state index in [-0.39, 0.29) is 11.6 Å². The Bertz CT molecular complexity index is 1020. The molecule has 4 rings (SSSR count). The molecule has 0 atom stereocenters. The number of hydrogen-bond acceptors (Lipinski definition) is 9. The van der Waals surface area contributed by atoms with Crippen molar-refractivity contribution in [2.75, 3.05) is 18.4 Å². The molecule has 0 fully saturated rings. The van der Waals surface area contributed by atoms with Crippen LogP contribution in [0.15, 0.2) is 54.3 Å². The maximum Gasteiger partial charge on any atom is 0.271 e. The number of aromatic nitrogens is 2. The average Bonchev–Trinajstić information content (AvgIpc) is 3.20. The minimum Gasteiger partial charge on any atom is -0.399 e. The van der Waals surface area contributed by atoms with Crippen molar-refractivity contribution in [3.8, 4) is 0 Å². The van der Waals surface area contributed by atoms with Crippen LogP contribution < -0.4 is 33.4 Å². The Morgan fingerprint density at radius 3 is 2.62 bits per heavy atom. The monoisotopic (exact) mass is 435 g/mol. The van der Waals surface area contributed by atoms with Gasteiger partial charge in [0.2, 0.25) is 5.95 Å². The van der Waals surface area contributed by atoms with Gasteiger partial charge in [0, 0.05) is 55.4 Å². The summed E-state index contributed by atoms with van der Waals surface area (Å²) in [6.07, 6.45) is 7.32. The lowest BCUT2D eigenvalue weighted by atomic mass is 10.1. The Morgan fingerprint density at radius 1 is 1.16 bits per heavy atom. The van der Waals surface area contributed by atoms with E-state index >= 15 is 0 Å². The Labute approximate surface area is 186 Å². The summed E-state index contributed by atoms with van der Waals surface area (Å²) in [5, 5.41) is 6.37. The van der Waals surface area contributed by atoms with Gasteiger partial charge >= 0.3 is 0 Å². The van der Waals surface area contributed by atoms with Crippen molar-refractivity contribution in [2.24, 2.45) is 17.3 Å². The van der Waals surface area contributed by atoms with Gasteiger partial charge in [-0.2, -0.15) is 0 Å². The fourth-order valence-electron chi connectivity index (χ4n) is 4.08. The number of hydrogen-bond donors (Lipinski definition) is 6. The van der Waals surface area contributed by atoms with Gasteiger partial charge in [-0.05, 0) is 24.0 Å². The lowest BCUT2D eigenvalue weighted by Gasteiger charge is -2.28. The molecule has 9 N–H and O–H groups in total. The number of rotatable bonds is 7. The van der Waals surface area contributed by atoms with E-state index in [1.807, 2.05) is 0 Å². The van der Waals surface area contributed by atoms with Crippen LogP contribution in [0.2, 0.25) is 0 Å². The third-order valence-electron chi connectivity index (χ3n) is 5.68. The van der Waals surface area contributed by atoms with E-state index in [0.29, 0.717) is 43.7 Å². The Balaban J connectivity index is 1.33. The third kappa shape index (κ3) is 4.92. The van der Waals surface area contributed by atoms with Crippen LogP contribution >= 0.6 is 0 Å². The predicted molar refractivity (Wildman–Crippen MR) is 122 cm³/mol. The minimum absolute atomic E-state index is 0.113. The van der Waals surface area contributed by atoms with E-state index in [1.54, 1.807) is 11.1 Å². The van der Waals surface area contributed by atoms with E-state index in [2.05, 4.69) is 45.3 Å². The first kappa shape index (κ1) is 21.4. The largest absolute Gasteiger partial charge is 0.399 e. The summed E-state index contributed by atoms with van der Waals surface area (Å²) < 4.78 is 0. The van der Waals surface area contributed by atoms with Crippen LogP contribution in [-0.2, 0) is 30.6 Å². The predicted octanol–water partition coefficient (Wildman–Crippen LogP) is -0.406. The first-order chi connectivity index (χ1) is 15.5. The average molecular weight is 436 g/mol. The van der Waals surface area contributed by atoms with E-state index in [1.165, 1.54) is 23.5 Å². The molecule has 0 radical (unpaired) electrons. The van der Waals surface area contributed by atoms with Crippen molar-refractivity contribution in [1.29, 1.82) is 0 Å². The van der Waals surface area contributed by atoms with Crippen LogP contribution in [0.3, 0.4) is 0 Å². The van der Waals surface area contributed by atoms with Crippen LogP contribution in [0, 0.1) is 0 Å². The summed E-state index contributed by atoms with van der Waals surface area (Å²) in [6, 6.07) is 8.81. The number of fused-ring (bicyclic) bond motifs is 2. The summed E-state index contributed by atoms with van der Waals surface area (Å²) in [6.45, 7) is 1.29. The molecule has 1 aliphatic heterocycles. The molecule has 10 heteroatoms. The molecule has 10 nitrogen and oxygen atoms in total. The molecular formula is C22H29N9O. The van der Waals surface area contributed by atoms with Crippen LogP contribution in [0.4, 0.5) is 5.95 Å². The number of carbonyl (C=O) groups excluding carboxylic acids is 1. The zero-order chi connectivity index (χ0) is 22.5. The van der Waals surface area contributed by atoms with E-state index in [0.717, 1.165) is 24.1 Å². The first-order valence-corrected chi connectivity index (χ1v) is 10.6. The molecule has 0 bridgehead atoms. The SMILES string of the molecule is NN/C=C(\N)CN/C=C(\N)C(=O)N1CCc2nc(NC3Cc4ccccc4C3)ncc2C1. The van der Waals surface area contributed by atoms with Crippen molar-refractivity contribution < 1.29 is 4.79 Å². The Hall–Kier alpha value is -3.79. The highest BCUT2D eigenvalue weighted by atomic mass is 16.2. The normalized spacial score (nSPS) is 16.3. The molecule has 0 saturated carbocycles. The molecular weight excluding hydrogens is 406 g/mol. The summed E-state index contributed by atoms with van der Waals surface area (Å²) in [4.78, 5) is 23.6. The molecule has 2 aliphatic rings. The third-order valence-corrected chi connectivity index (χ3v) is 5.68. The van der Waals surface area contributed by atoms with Gasteiger partial charge in [0.05, 0.1) is 12.2 Å². The van der Waals surface area contributed by atoms with Crippen molar-refractivity contribution in [3.05, 3.63) is 76.6 Å². The van der Waals surface area contributed by atoms with E-state index in [9.17, 15) is 4.79 Å². The number of hydrazine groups is 1. The molecule has 2 aromatic rings. The molecule has 168 valence electrons. The summed E-state index contributed by atoms with van der Waals surface area (Å²) in [5.41, 5.74) is 19.3. The zero-order valence-electron chi connectivity index (χ0n) is 17.8. The van der Waals surface area contributed by atoms with Gasteiger partial charge in [-0.25, -0.2) is 9.97 Å². The van der Waals surface area contributed by atoms with E-state index in [4.69, 9.17) is 22.3 Å². The minimum atomic E-state index is -0.242. The number of benzene rings is 1. The Kier molecular flexibility index (Phi) is 6.41. The maximum atomic E-state index is 12.7. The van der Waals surface area contributed by atoms with Crippen LogP contribution in [0.5, 0.6) is 0 Å². The number of anilines is 1. The second kappa shape index (κ2) is 9.56. The molecule has 0 spiro atoms. The van der Waals surface area contributed by atoms with E-state index < -0.39 is 0 Å². The van der Waals surface area contributed by atoms with Crippen LogP contribution in [0.25, 0.3) is 0 Å². The number of nitrogens with two attached hydrogens (primary N) is 3. The molecule has 1 aromatic heterocycles. The van der Waals surface area contributed by atoms with Gasteiger partial charge in [-0.15, -0.1) is 0 Å². The zero-order valence-corrected chi connectivity index (χ0v) is 17.8. The van der Waals surface area contributed by atoms with Gasteiger partial charge in [-0.3, -0.25) is 10.6 Å².